The zero-order valence-electron chi connectivity index (χ0n) is 19.3. The Balaban J connectivity index is 1.75. The Kier molecular flexibility index (Phi) is 7.19. The van der Waals surface area contributed by atoms with Gasteiger partial charge in [0, 0.05) is 18.5 Å². The van der Waals surface area contributed by atoms with Crippen molar-refractivity contribution in [2.24, 2.45) is 7.05 Å². The molecule has 0 saturated carbocycles. The van der Waals surface area contributed by atoms with Crippen molar-refractivity contribution in [3.05, 3.63) is 64.3 Å². The van der Waals surface area contributed by atoms with E-state index < -0.39 is 21.5 Å². The second kappa shape index (κ2) is 9.57. The number of nitrogens with zero attached hydrogens (tertiary/aromatic N) is 1. The first-order valence-corrected chi connectivity index (χ1v) is 12.6. The third kappa shape index (κ3) is 5.57. The summed E-state index contributed by atoms with van der Waals surface area (Å²) in [4.78, 5) is 24.9. The first kappa shape index (κ1) is 24.8. The fourth-order valence-corrected chi connectivity index (χ4v) is 5.14. The summed E-state index contributed by atoms with van der Waals surface area (Å²) in [6, 6.07) is 11.3. The number of hydrogen-bond donors (Lipinski definition) is 2. The molecule has 176 valence electrons. The van der Waals surface area contributed by atoms with E-state index >= 15 is 0 Å². The van der Waals surface area contributed by atoms with Crippen LogP contribution < -0.4 is 10.6 Å². The number of fused-ring (bicyclic) bond motifs is 1. The molecule has 0 bridgehead atoms. The van der Waals surface area contributed by atoms with Crippen LogP contribution in [-0.2, 0) is 21.7 Å². The number of sulfone groups is 1. The molecule has 0 radical (unpaired) electrons. The topological polar surface area (TPSA) is 97.3 Å². The molecule has 0 aliphatic carbocycles. The van der Waals surface area contributed by atoms with E-state index in [1.807, 2.05) is 33.0 Å². The molecule has 33 heavy (non-hydrogen) atoms. The van der Waals surface area contributed by atoms with Crippen LogP contribution in [0, 0.1) is 6.92 Å². The maximum atomic E-state index is 12.9. The molecule has 1 heterocycles. The highest BCUT2D eigenvalue weighted by molar-refractivity contribution is 7.92. The number of nitrogens with one attached hydrogen (secondary N) is 2. The Morgan fingerprint density at radius 2 is 1.67 bits per heavy atom. The minimum Gasteiger partial charge on any atom is -0.353 e. The number of benzene rings is 2. The van der Waals surface area contributed by atoms with Crippen LogP contribution >= 0.6 is 11.6 Å². The molecule has 3 aromatic rings. The lowest BCUT2D eigenvalue weighted by Crippen LogP contribution is -2.35. The van der Waals surface area contributed by atoms with Crippen LogP contribution in [0.1, 0.15) is 48.4 Å². The number of aryl methyl sites for hydroxylation is 2. The van der Waals surface area contributed by atoms with E-state index in [1.165, 1.54) is 12.1 Å². The number of amides is 2. The SMILES string of the molecule is Cc1cc(Cl)c2cc(C(=O)N[C@H](C)c3ccc(S(=O)(=O)CC(=O)NC(C)C)cc3)n(C)c2c1. The molecule has 3 rings (SSSR count). The third-order valence-electron chi connectivity index (χ3n) is 5.35. The fraction of sp³-hybridized carbons (Fsp3) is 0.333. The number of rotatable bonds is 7. The highest BCUT2D eigenvalue weighted by Gasteiger charge is 2.21. The number of hydrogen-bond acceptors (Lipinski definition) is 4. The van der Waals surface area contributed by atoms with Gasteiger partial charge in [-0.2, -0.15) is 0 Å². The Hall–Kier alpha value is -2.84. The molecular weight excluding hydrogens is 462 g/mol. The Bertz CT molecular complexity index is 1310. The van der Waals surface area contributed by atoms with Gasteiger partial charge in [0.1, 0.15) is 11.4 Å². The van der Waals surface area contributed by atoms with Gasteiger partial charge >= 0.3 is 0 Å². The molecule has 2 aromatic carbocycles. The van der Waals surface area contributed by atoms with Crippen molar-refractivity contribution in [2.45, 2.75) is 44.7 Å². The molecule has 1 aromatic heterocycles. The molecule has 2 N–H and O–H groups in total. The minimum atomic E-state index is -3.76. The summed E-state index contributed by atoms with van der Waals surface area (Å²) in [5.41, 5.74) is 3.08. The largest absolute Gasteiger partial charge is 0.353 e. The van der Waals surface area contributed by atoms with Crippen molar-refractivity contribution in [1.29, 1.82) is 0 Å². The molecule has 1 atom stereocenters. The maximum Gasteiger partial charge on any atom is 0.268 e. The number of halogens is 1. The zero-order chi connectivity index (χ0) is 24.5. The predicted molar refractivity (Wildman–Crippen MR) is 130 cm³/mol. The van der Waals surface area contributed by atoms with Crippen LogP contribution in [0.2, 0.25) is 5.02 Å². The van der Waals surface area contributed by atoms with Crippen LogP contribution in [-0.4, -0.2) is 36.6 Å². The zero-order valence-corrected chi connectivity index (χ0v) is 20.8. The van der Waals surface area contributed by atoms with Gasteiger partial charge in [0.15, 0.2) is 9.84 Å². The summed E-state index contributed by atoms with van der Waals surface area (Å²) in [6.07, 6.45) is 0. The lowest BCUT2D eigenvalue weighted by Gasteiger charge is -2.15. The van der Waals surface area contributed by atoms with Crippen molar-refractivity contribution in [3.8, 4) is 0 Å². The smallest absolute Gasteiger partial charge is 0.268 e. The van der Waals surface area contributed by atoms with Crippen molar-refractivity contribution in [1.82, 2.24) is 15.2 Å². The van der Waals surface area contributed by atoms with E-state index in [1.54, 1.807) is 36.6 Å². The highest BCUT2D eigenvalue weighted by Crippen LogP contribution is 2.28. The molecule has 0 spiro atoms. The van der Waals surface area contributed by atoms with E-state index in [0.717, 1.165) is 22.0 Å². The van der Waals surface area contributed by atoms with Gasteiger partial charge in [-0.3, -0.25) is 9.59 Å². The van der Waals surface area contributed by atoms with Gasteiger partial charge < -0.3 is 15.2 Å². The van der Waals surface area contributed by atoms with Crippen molar-refractivity contribution in [3.63, 3.8) is 0 Å². The van der Waals surface area contributed by atoms with E-state index in [2.05, 4.69) is 10.6 Å². The lowest BCUT2D eigenvalue weighted by molar-refractivity contribution is -0.119. The monoisotopic (exact) mass is 489 g/mol. The molecule has 7 nitrogen and oxygen atoms in total. The van der Waals surface area contributed by atoms with E-state index in [0.29, 0.717) is 10.7 Å². The van der Waals surface area contributed by atoms with Crippen molar-refractivity contribution < 1.29 is 18.0 Å². The van der Waals surface area contributed by atoms with Crippen LogP contribution in [0.25, 0.3) is 10.9 Å². The van der Waals surface area contributed by atoms with Crippen LogP contribution in [0.15, 0.2) is 47.4 Å². The second-order valence-electron chi connectivity index (χ2n) is 8.51. The van der Waals surface area contributed by atoms with Gasteiger partial charge in [-0.25, -0.2) is 8.42 Å². The molecule has 2 amide bonds. The molecule has 9 heteroatoms. The molecule has 0 aliphatic rings. The number of aromatic nitrogens is 1. The van der Waals surface area contributed by atoms with Gasteiger partial charge in [-0.15, -0.1) is 0 Å². The standard InChI is InChI=1S/C24H28ClN3O4S/c1-14(2)26-23(29)13-33(31,32)18-8-6-17(7-9-18)16(4)27-24(30)22-12-19-20(25)10-15(3)11-21(19)28(22)5/h6-12,14,16H,13H2,1-5H3,(H,26,29)(H,27,30)/t16-/m1/s1. The van der Waals surface area contributed by atoms with Crippen molar-refractivity contribution >= 4 is 44.2 Å². The quantitative estimate of drug-likeness (QED) is 0.525. The lowest BCUT2D eigenvalue weighted by atomic mass is 10.1. The molecule has 0 fully saturated rings. The maximum absolute atomic E-state index is 12.9. The summed E-state index contributed by atoms with van der Waals surface area (Å²) in [6.45, 7) is 7.30. The van der Waals surface area contributed by atoms with E-state index in [-0.39, 0.29) is 22.9 Å². The third-order valence-corrected chi connectivity index (χ3v) is 7.29. The summed E-state index contributed by atoms with van der Waals surface area (Å²) >= 11 is 6.34. The molecular formula is C24H28ClN3O4S. The summed E-state index contributed by atoms with van der Waals surface area (Å²) < 4.78 is 26.8. The van der Waals surface area contributed by atoms with Crippen LogP contribution in [0.3, 0.4) is 0 Å². The van der Waals surface area contributed by atoms with Crippen LogP contribution in [0.5, 0.6) is 0 Å². The first-order chi connectivity index (χ1) is 15.4. The summed E-state index contributed by atoms with van der Waals surface area (Å²) in [5, 5.41) is 6.92. The normalized spacial score (nSPS) is 12.7. The number of carbonyl (C=O) groups excluding carboxylic acids is 2. The first-order valence-electron chi connectivity index (χ1n) is 10.6. The van der Waals surface area contributed by atoms with E-state index in [4.69, 9.17) is 11.6 Å². The summed E-state index contributed by atoms with van der Waals surface area (Å²) in [5.74, 6) is -1.42. The summed E-state index contributed by atoms with van der Waals surface area (Å²) in [7, 11) is -1.94. The van der Waals surface area contributed by atoms with Crippen LogP contribution in [0.4, 0.5) is 0 Å². The van der Waals surface area contributed by atoms with E-state index in [9.17, 15) is 18.0 Å². The fourth-order valence-electron chi connectivity index (χ4n) is 3.67. The highest BCUT2D eigenvalue weighted by atomic mass is 35.5. The Morgan fingerprint density at radius 1 is 1.03 bits per heavy atom. The average Bonchev–Trinajstić information content (AvgIpc) is 3.04. The Morgan fingerprint density at radius 3 is 2.27 bits per heavy atom. The minimum absolute atomic E-state index is 0.0578. The Labute approximate surface area is 199 Å². The predicted octanol–water partition coefficient (Wildman–Crippen LogP) is 3.93. The van der Waals surface area contributed by atoms with Gasteiger partial charge in [0.05, 0.1) is 21.5 Å². The average molecular weight is 490 g/mol. The molecule has 0 unspecified atom stereocenters. The molecule has 0 saturated heterocycles. The number of carbonyl (C=O) groups is 2. The van der Waals surface area contributed by atoms with Gasteiger partial charge in [0.2, 0.25) is 5.91 Å². The second-order valence-corrected chi connectivity index (χ2v) is 10.9. The molecule has 0 aliphatic heterocycles. The van der Waals surface area contributed by atoms with Gasteiger partial charge in [-0.1, -0.05) is 23.7 Å². The van der Waals surface area contributed by atoms with Gasteiger partial charge in [0.25, 0.3) is 5.91 Å². The van der Waals surface area contributed by atoms with Gasteiger partial charge in [-0.05, 0) is 69.2 Å². The van der Waals surface area contributed by atoms with Crippen molar-refractivity contribution in [2.75, 3.05) is 5.75 Å².